The quantitative estimate of drug-likeness (QED) is 0.764. The van der Waals surface area contributed by atoms with Crippen LogP contribution in [-0.2, 0) is 0 Å². The van der Waals surface area contributed by atoms with Crippen LogP contribution in [-0.4, -0.2) is 28.6 Å². The van der Waals surface area contributed by atoms with Crippen LogP contribution >= 0.6 is 15.9 Å². The Morgan fingerprint density at radius 2 is 2.50 bits per heavy atom. The number of nitrogens with one attached hydrogen (secondary N) is 2. The highest BCUT2D eigenvalue weighted by Crippen LogP contribution is 2.10. The molecular formula is C9H13BrN2O2. The lowest BCUT2D eigenvalue weighted by Gasteiger charge is -2.12. The van der Waals surface area contributed by atoms with Crippen molar-refractivity contribution >= 4 is 21.8 Å². The van der Waals surface area contributed by atoms with Gasteiger partial charge in [0.1, 0.15) is 5.69 Å². The summed E-state index contributed by atoms with van der Waals surface area (Å²) in [5.74, 6) is -0.198. The number of hydrogen-bond donors (Lipinski definition) is 3. The first kappa shape index (κ1) is 11.3. The van der Waals surface area contributed by atoms with Crippen LogP contribution in [0.25, 0.3) is 0 Å². The van der Waals surface area contributed by atoms with Gasteiger partial charge < -0.3 is 15.4 Å². The zero-order valence-electron chi connectivity index (χ0n) is 7.88. The van der Waals surface area contributed by atoms with E-state index < -0.39 is 0 Å². The maximum atomic E-state index is 11.5. The number of aromatic amines is 1. The molecule has 0 aliphatic rings. The second-order valence-electron chi connectivity index (χ2n) is 2.99. The average Bonchev–Trinajstić information content (AvgIpc) is 2.61. The summed E-state index contributed by atoms with van der Waals surface area (Å²) in [6.07, 6.45) is 2.40. The molecule has 0 aliphatic carbocycles. The van der Waals surface area contributed by atoms with Crippen LogP contribution in [0.15, 0.2) is 16.7 Å². The monoisotopic (exact) mass is 260 g/mol. The molecule has 0 unspecified atom stereocenters. The van der Waals surface area contributed by atoms with Crippen LogP contribution in [0, 0.1) is 0 Å². The van der Waals surface area contributed by atoms with Gasteiger partial charge in [-0.05, 0) is 28.4 Å². The molecule has 0 spiro atoms. The highest BCUT2D eigenvalue weighted by molar-refractivity contribution is 9.10. The zero-order valence-corrected chi connectivity index (χ0v) is 9.47. The van der Waals surface area contributed by atoms with Crippen molar-refractivity contribution in [3.05, 3.63) is 22.4 Å². The predicted octanol–water partition coefficient (Wildman–Crippen LogP) is 1.28. The summed E-state index contributed by atoms with van der Waals surface area (Å²) in [4.78, 5) is 14.3. The van der Waals surface area contributed by atoms with Gasteiger partial charge in [0.25, 0.3) is 5.91 Å². The summed E-state index contributed by atoms with van der Waals surface area (Å²) in [5.41, 5.74) is 0.490. The van der Waals surface area contributed by atoms with Crippen LogP contribution in [0.1, 0.15) is 23.8 Å². The van der Waals surface area contributed by atoms with Crippen molar-refractivity contribution in [2.75, 3.05) is 6.61 Å². The van der Waals surface area contributed by atoms with Crippen molar-refractivity contribution in [2.45, 2.75) is 19.4 Å². The Bertz CT molecular complexity index is 308. The summed E-state index contributed by atoms with van der Waals surface area (Å²) in [7, 11) is 0. The Morgan fingerprint density at radius 3 is 2.93 bits per heavy atom. The number of H-pyrrole nitrogens is 1. The predicted molar refractivity (Wildman–Crippen MR) is 57.1 cm³/mol. The zero-order chi connectivity index (χ0) is 10.6. The first-order valence-electron chi connectivity index (χ1n) is 4.43. The van der Waals surface area contributed by atoms with E-state index in [1.807, 2.05) is 6.92 Å². The molecule has 1 atom stereocenters. The molecule has 0 saturated carbocycles. The van der Waals surface area contributed by atoms with Gasteiger partial charge in [0.2, 0.25) is 0 Å². The van der Waals surface area contributed by atoms with E-state index >= 15 is 0 Å². The highest BCUT2D eigenvalue weighted by atomic mass is 79.9. The number of amides is 1. The van der Waals surface area contributed by atoms with Crippen molar-refractivity contribution in [3.63, 3.8) is 0 Å². The molecule has 14 heavy (non-hydrogen) atoms. The molecule has 1 amide bonds. The maximum absolute atomic E-state index is 11.5. The Hall–Kier alpha value is -0.810. The lowest BCUT2D eigenvalue weighted by molar-refractivity contribution is 0.0910. The Labute approximate surface area is 90.8 Å². The van der Waals surface area contributed by atoms with Crippen molar-refractivity contribution in [3.8, 4) is 0 Å². The molecule has 1 heterocycles. The normalized spacial score (nSPS) is 12.5. The summed E-state index contributed by atoms with van der Waals surface area (Å²) in [5, 5.41) is 11.6. The molecule has 0 saturated heterocycles. The number of aromatic nitrogens is 1. The van der Waals surface area contributed by atoms with Gasteiger partial charge in [0.05, 0.1) is 12.6 Å². The summed E-state index contributed by atoms with van der Waals surface area (Å²) < 4.78 is 0.833. The minimum atomic E-state index is -0.198. The number of aliphatic hydroxyl groups is 1. The van der Waals surface area contributed by atoms with E-state index in [1.54, 1.807) is 12.3 Å². The van der Waals surface area contributed by atoms with E-state index in [0.29, 0.717) is 12.1 Å². The fourth-order valence-corrected chi connectivity index (χ4v) is 1.38. The molecule has 0 aliphatic heterocycles. The average molecular weight is 261 g/mol. The second-order valence-corrected chi connectivity index (χ2v) is 3.91. The topological polar surface area (TPSA) is 65.1 Å². The number of rotatable bonds is 4. The molecule has 1 rings (SSSR count). The number of halogens is 1. The smallest absolute Gasteiger partial charge is 0.268 e. The number of carbonyl (C=O) groups is 1. The lowest BCUT2D eigenvalue weighted by Crippen LogP contribution is -2.37. The molecule has 1 aromatic heterocycles. The fraction of sp³-hybridized carbons (Fsp3) is 0.444. The van der Waals surface area contributed by atoms with Gasteiger partial charge in [-0.25, -0.2) is 0 Å². The van der Waals surface area contributed by atoms with Crippen LogP contribution in [0.2, 0.25) is 0 Å². The fourth-order valence-electron chi connectivity index (χ4n) is 1.04. The van der Waals surface area contributed by atoms with E-state index in [-0.39, 0.29) is 18.6 Å². The third-order valence-electron chi connectivity index (χ3n) is 1.94. The maximum Gasteiger partial charge on any atom is 0.268 e. The molecule has 0 aromatic carbocycles. The van der Waals surface area contributed by atoms with Gasteiger partial charge in [-0.15, -0.1) is 0 Å². The van der Waals surface area contributed by atoms with E-state index in [2.05, 4.69) is 26.2 Å². The second kappa shape index (κ2) is 5.17. The van der Waals surface area contributed by atoms with Gasteiger partial charge >= 0.3 is 0 Å². The van der Waals surface area contributed by atoms with E-state index in [4.69, 9.17) is 5.11 Å². The molecule has 3 N–H and O–H groups in total. The minimum absolute atomic E-state index is 0.0376. The standard InChI is InChI=1S/C9H13BrN2O2/c1-2-7(5-13)12-9(14)8-3-6(10)4-11-8/h3-4,7,11,13H,2,5H2,1H3,(H,12,14)/t7-/m0/s1. The summed E-state index contributed by atoms with van der Waals surface area (Å²) >= 11 is 3.24. The largest absolute Gasteiger partial charge is 0.394 e. The molecule has 0 radical (unpaired) electrons. The SMILES string of the molecule is CC[C@@H](CO)NC(=O)c1cc(Br)c[nH]1. The van der Waals surface area contributed by atoms with Gasteiger partial charge in [0, 0.05) is 10.7 Å². The van der Waals surface area contributed by atoms with Crippen molar-refractivity contribution in [1.29, 1.82) is 0 Å². The van der Waals surface area contributed by atoms with E-state index in [0.717, 1.165) is 4.47 Å². The molecule has 0 bridgehead atoms. The van der Waals surface area contributed by atoms with Gasteiger partial charge in [-0.2, -0.15) is 0 Å². The molecule has 0 fully saturated rings. The van der Waals surface area contributed by atoms with Gasteiger partial charge in [0.15, 0.2) is 0 Å². The van der Waals surface area contributed by atoms with Crippen LogP contribution in [0.3, 0.4) is 0 Å². The Morgan fingerprint density at radius 1 is 1.79 bits per heavy atom. The molecule has 1 aromatic rings. The highest BCUT2D eigenvalue weighted by Gasteiger charge is 2.12. The van der Waals surface area contributed by atoms with Crippen molar-refractivity contribution in [1.82, 2.24) is 10.3 Å². The molecular weight excluding hydrogens is 248 g/mol. The first-order chi connectivity index (χ1) is 6.67. The van der Waals surface area contributed by atoms with E-state index in [9.17, 15) is 4.79 Å². The summed E-state index contributed by atoms with van der Waals surface area (Å²) in [6, 6.07) is 1.52. The van der Waals surface area contributed by atoms with Crippen LogP contribution in [0.5, 0.6) is 0 Å². The third kappa shape index (κ3) is 2.85. The van der Waals surface area contributed by atoms with Crippen molar-refractivity contribution < 1.29 is 9.90 Å². The van der Waals surface area contributed by atoms with Crippen LogP contribution in [0.4, 0.5) is 0 Å². The Balaban J connectivity index is 2.58. The molecule has 78 valence electrons. The third-order valence-corrected chi connectivity index (χ3v) is 2.40. The number of aliphatic hydroxyl groups excluding tert-OH is 1. The van der Waals surface area contributed by atoms with Crippen molar-refractivity contribution in [2.24, 2.45) is 0 Å². The molecule has 5 heteroatoms. The van der Waals surface area contributed by atoms with Gasteiger partial charge in [-0.3, -0.25) is 4.79 Å². The minimum Gasteiger partial charge on any atom is -0.394 e. The van der Waals surface area contributed by atoms with Gasteiger partial charge in [-0.1, -0.05) is 6.92 Å². The number of carbonyl (C=O) groups excluding carboxylic acids is 1. The summed E-state index contributed by atoms with van der Waals surface area (Å²) in [6.45, 7) is 1.87. The van der Waals surface area contributed by atoms with Crippen LogP contribution < -0.4 is 5.32 Å². The Kier molecular flexibility index (Phi) is 4.16. The molecule has 4 nitrogen and oxygen atoms in total. The number of hydrogen-bond acceptors (Lipinski definition) is 2. The first-order valence-corrected chi connectivity index (χ1v) is 5.22. The van der Waals surface area contributed by atoms with E-state index in [1.165, 1.54) is 0 Å². The lowest BCUT2D eigenvalue weighted by atomic mass is 10.2.